The number of piperidine rings is 1. The van der Waals surface area contributed by atoms with Crippen molar-refractivity contribution in [3.63, 3.8) is 0 Å². The minimum atomic E-state index is -4.54. The van der Waals surface area contributed by atoms with Crippen LogP contribution in [0.5, 0.6) is 0 Å². The van der Waals surface area contributed by atoms with Crippen molar-refractivity contribution in [1.29, 1.82) is 0 Å². The van der Waals surface area contributed by atoms with E-state index in [1.54, 1.807) is 0 Å². The van der Waals surface area contributed by atoms with Crippen molar-refractivity contribution >= 4 is 21.7 Å². The summed E-state index contributed by atoms with van der Waals surface area (Å²) in [5.41, 5.74) is -0.367. The van der Waals surface area contributed by atoms with Gasteiger partial charge < -0.3 is 4.90 Å². The second-order valence-electron chi connectivity index (χ2n) is 5.93. The highest BCUT2D eigenvalue weighted by molar-refractivity contribution is 7.92. The molecule has 11 heteroatoms. The van der Waals surface area contributed by atoms with Crippen LogP contribution in [0, 0.1) is 18.6 Å². The van der Waals surface area contributed by atoms with Crippen molar-refractivity contribution in [1.82, 2.24) is 15.2 Å². The summed E-state index contributed by atoms with van der Waals surface area (Å²) in [6, 6.07) is 2.06. The summed E-state index contributed by atoms with van der Waals surface area (Å²) in [6.07, 6.45) is 2.65. The quantitative estimate of drug-likeness (QED) is 0.863. The molecule has 1 saturated heterocycles. The smallest absolute Gasteiger partial charge is 0.280 e. The van der Waals surface area contributed by atoms with Crippen molar-refractivity contribution < 1.29 is 26.6 Å². The maximum atomic E-state index is 14.0. The number of hydrogen-bond donors (Lipinski definition) is 1. The number of benzene rings is 1. The van der Waals surface area contributed by atoms with Crippen LogP contribution in [0.2, 0.25) is 0 Å². The molecule has 1 aromatic heterocycles. The minimum absolute atomic E-state index is 0.0366. The Kier molecular flexibility index (Phi) is 4.90. The number of sulfonamides is 1. The zero-order chi connectivity index (χ0) is 18.9. The van der Waals surface area contributed by atoms with Gasteiger partial charge in [0.05, 0.1) is 0 Å². The van der Waals surface area contributed by atoms with Gasteiger partial charge in [0, 0.05) is 13.1 Å². The molecule has 1 amide bonds. The molecule has 2 heterocycles. The molecule has 1 aliphatic heterocycles. The van der Waals surface area contributed by atoms with Gasteiger partial charge in [-0.2, -0.15) is 0 Å². The summed E-state index contributed by atoms with van der Waals surface area (Å²) < 4.78 is 58.9. The van der Waals surface area contributed by atoms with E-state index in [9.17, 15) is 22.0 Å². The Hall–Kier alpha value is -2.56. The number of amides is 1. The van der Waals surface area contributed by atoms with Crippen LogP contribution in [0.15, 0.2) is 21.7 Å². The molecule has 0 atom stereocenters. The van der Waals surface area contributed by atoms with Gasteiger partial charge in [0.25, 0.3) is 15.9 Å². The van der Waals surface area contributed by atoms with Crippen LogP contribution in [0.4, 0.5) is 14.6 Å². The third-order valence-electron chi connectivity index (χ3n) is 4.09. The Morgan fingerprint density at radius 2 is 1.85 bits per heavy atom. The molecule has 0 bridgehead atoms. The molecule has 1 N–H and O–H groups in total. The van der Waals surface area contributed by atoms with Gasteiger partial charge in [-0.05, 0) is 48.1 Å². The van der Waals surface area contributed by atoms with E-state index < -0.39 is 38.3 Å². The lowest BCUT2D eigenvalue weighted by Gasteiger charge is -2.25. The van der Waals surface area contributed by atoms with Crippen LogP contribution in [0.3, 0.4) is 0 Å². The number of aromatic nitrogens is 2. The van der Waals surface area contributed by atoms with E-state index in [1.165, 1.54) is 11.8 Å². The number of rotatable bonds is 4. The number of halogens is 2. The zero-order valence-corrected chi connectivity index (χ0v) is 14.6. The van der Waals surface area contributed by atoms with Gasteiger partial charge in [0.2, 0.25) is 11.5 Å². The first-order valence-corrected chi connectivity index (χ1v) is 9.39. The Bertz CT molecular complexity index is 939. The topological polar surface area (TPSA) is 105 Å². The van der Waals surface area contributed by atoms with Crippen molar-refractivity contribution in [2.75, 3.05) is 17.8 Å². The predicted octanol–water partition coefficient (Wildman–Crippen LogP) is 2.08. The average molecular weight is 386 g/mol. The number of anilines is 1. The van der Waals surface area contributed by atoms with E-state index in [4.69, 9.17) is 0 Å². The van der Waals surface area contributed by atoms with Crippen LogP contribution in [-0.2, 0) is 10.0 Å². The van der Waals surface area contributed by atoms with Gasteiger partial charge in [-0.3, -0.25) is 9.52 Å². The first-order valence-electron chi connectivity index (χ1n) is 7.90. The number of aryl methyl sites for hydroxylation is 1. The van der Waals surface area contributed by atoms with Gasteiger partial charge in [-0.15, -0.1) is 0 Å². The number of hydrogen-bond acceptors (Lipinski definition) is 6. The molecule has 0 aliphatic carbocycles. The predicted molar refractivity (Wildman–Crippen MR) is 86.0 cm³/mol. The van der Waals surface area contributed by atoms with Crippen LogP contribution < -0.4 is 4.72 Å². The van der Waals surface area contributed by atoms with E-state index in [1.807, 2.05) is 4.72 Å². The summed E-state index contributed by atoms with van der Waals surface area (Å²) >= 11 is 0. The highest BCUT2D eigenvalue weighted by Crippen LogP contribution is 2.24. The van der Waals surface area contributed by atoms with Gasteiger partial charge in [-0.1, -0.05) is 6.07 Å². The fourth-order valence-electron chi connectivity index (χ4n) is 2.66. The summed E-state index contributed by atoms with van der Waals surface area (Å²) in [5, 5.41) is 6.82. The van der Waals surface area contributed by atoms with Gasteiger partial charge in [0.1, 0.15) is 4.90 Å². The molecule has 0 saturated carbocycles. The van der Waals surface area contributed by atoms with Crippen molar-refractivity contribution in [2.45, 2.75) is 31.1 Å². The van der Waals surface area contributed by atoms with E-state index in [0.717, 1.165) is 31.4 Å². The van der Waals surface area contributed by atoms with E-state index in [2.05, 4.69) is 14.9 Å². The van der Waals surface area contributed by atoms with E-state index >= 15 is 0 Å². The average Bonchev–Trinajstić information content (AvgIpc) is 3.07. The molecule has 2 aromatic rings. The highest BCUT2D eigenvalue weighted by Gasteiger charge is 2.30. The van der Waals surface area contributed by atoms with Crippen molar-refractivity contribution in [2.24, 2.45) is 0 Å². The Morgan fingerprint density at radius 3 is 2.54 bits per heavy atom. The van der Waals surface area contributed by atoms with Gasteiger partial charge in [0.15, 0.2) is 11.6 Å². The summed E-state index contributed by atoms with van der Waals surface area (Å²) in [6.45, 7) is 2.32. The number of carbonyl (C=O) groups excluding carboxylic acids is 1. The molecule has 140 valence electrons. The molecule has 3 rings (SSSR count). The fourth-order valence-corrected chi connectivity index (χ4v) is 3.73. The molecule has 0 spiro atoms. The Morgan fingerprint density at radius 1 is 1.15 bits per heavy atom. The summed E-state index contributed by atoms with van der Waals surface area (Å²) in [7, 11) is -4.54. The van der Waals surface area contributed by atoms with Gasteiger partial charge >= 0.3 is 0 Å². The number of carbonyl (C=O) groups is 1. The fraction of sp³-hybridized carbons (Fsp3) is 0.400. The first kappa shape index (κ1) is 18.2. The monoisotopic (exact) mass is 386 g/mol. The number of nitrogens with zero attached hydrogens (tertiary/aromatic N) is 3. The van der Waals surface area contributed by atoms with E-state index in [-0.39, 0.29) is 11.3 Å². The lowest BCUT2D eigenvalue weighted by atomic mass is 10.1. The van der Waals surface area contributed by atoms with Crippen molar-refractivity contribution in [3.8, 4) is 0 Å². The second kappa shape index (κ2) is 6.98. The molecular formula is C15H16F2N4O4S. The lowest BCUT2D eigenvalue weighted by molar-refractivity contribution is 0.0714. The minimum Gasteiger partial charge on any atom is -0.337 e. The second-order valence-corrected chi connectivity index (χ2v) is 7.58. The molecule has 1 aromatic carbocycles. The summed E-state index contributed by atoms with van der Waals surface area (Å²) in [5.74, 6) is -3.80. The largest absolute Gasteiger partial charge is 0.337 e. The Balaban J connectivity index is 1.89. The Labute approximate surface area is 148 Å². The van der Waals surface area contributed by atoms with Crippen LogP contribution in [0.1, 0.15) is 35.3 Å². The SMILES string of the molecule is Cc1ccc(S(=O)(=O)Nc2nonc2C(=O)N2CCCCC2)c(F)c1F. The van der Waals surface area contributed by atoms with Crippen LogP contribution in [0.25, 0.3) is 0 Å². The summed E-state index contributed by atoms with van der Waals surface area (Å²) in [4.78, 5) is 13.1. The third kappa shape index (κ3) is 3.39. The molecule has 0 radical (unpaired) electrons. The van der Waals surface area contributed by atoms with Crippen LogP contribution >= 0.6 is 0 Å². The molecule has 1 aliphatic rings. The maximum absolute atomic E-state index is 14.0. The highest BCUT2D eigenvalue weighted by atomic mass is 32.2. The molecule has 1 fully saturated rings. The first-order chi connectivity index (χ1) is 12.3. The number of nitrogens with one attached hydrogen (secondary N) is 1. The van der Waals surface area contributed by atoms with Crippen molar-refractivity contribution in [3.05, 3.63) is 35.0 Å². The maximum Gasteiger partial charge on any atom is 0.280 e. The molecular weight excluding hydrogens is 370 g/mol. The number of likely N-dealkylation sites (tertiary alicyclic amines) is 1. The standard InChI is InChI=1S/C15H16F2N4O4S/c1-9-5-6-10(12(17)11(9)16)26(23,24)20-14-13(18-25-19-14)15(22)21-7-3-2-4-8-21/h5-6H,2-4,7-8H2,1H3,(H,19,20). The van der Waals surface area contributed by atoms with E-state index in [0.29, 0.717) is 13.1 Å². The van der Waals surface area contributed by atoms with Crippen LogP contribution in [-0.4, -0.2) is 42.6 Å². The molecule has 0 unspecified atom stereocenters. The molecule has 26 heavy (non-hydrogen) atoms. The lowest BCUT2D eigenvalue weighted by Crippen LogP contribution is -2.36. The normalized spacial score (nSPS) is 15.1. The molecule has 8 nitrogen and oxygen atoms in total. The third-order valence-corrected chi connectivity index (χ3v) is 5.45. The zero-order valence-electron chi connectivity index (χ0n) is 13.8. The van der Waals surface area contributed by atoms with Gasteiger partial charge in [-0.25, -0.2) is 21.8 Å².